The summed E-state index contributed by atoms with van der Waals surface area (Å²) in [4.78, 5) is 20.3. The molecular formula is C13H17NO5. The highest BCUT2D eigenvalue weighted by atomic mass is 16.4. The van der Waals surface area contributed by atoms with Gasteiger partial charge < -0.3 is 25.4 Å². The SMILES string of the molecule is O=C(O)[C@@H]1CCC[NH2+]1.O=C([O-])[C@H](O)c1ccccc1. The lowest BCUT2D eigenvalue weighted by Gasteiger charge is -2.10. The van der Waals surface area contributed by atoms with Gasteiger partial charge in [-0.1, -0.05) is 30.3 Å². The first kappa shape index (κ1) is 15.1. The van der Waals surface area contributed by atoms with Crippen molar-refractivity contribution in [1.29, 1.82) is 0 Å². The molecule has 4 N–H and O–H groups in total. The highest BCUT2D eigenvalue weighted by Gasteiger charge is 2.24. The maximum absolute atomic E-state index is 10.2. The Hall–Kier alpha value is -1.92. The van der Waals surface area contributed by atoms with Crippen LogP contribution >= 0.6 is 0 Å². The molecule has 104 valence electrons. The summed E-state index contributed by atoms with van der Waals surface area (Å²) in [5.74, 6) is -2.14. The summed E-state index contributed by atoms with van der Waals surface area (Å²) in [5.41, 5.74) is 0.340. The lowest BCUT2D eigenvalue weighted by atomic mass is 10.1. The highest BCUT2D eigenvalue weighted by Crippen LogP contribution is 2.09. The molecule has 6 heteroatoms. The fourth-order valence-electron chi connectivity index (χ4n) is 1.77. The molecule has 0 aliphatic carbocycles. The summed E-state index contributed by atoms with van der Waals surface area (Å²) in [6, 6.07) is 7.96. The molecule has 0 saturated carbocycles. The van der Waals surface area contributed by atoms with Gasteiger partial charge in [0.2, 0.25) is 0 Å². The van der Waals surface area contributed by atoms with E-state index in [1.807, 2.05) is 5.32 Å². The van der Waals surface area contributed by atoms with Crippen molar-refractivity contribution in [3.05, 3.63) is 35.9 Å². The number of aliphatic hydroxyl groups excluding tert-OH is 1. The van der Waals surface area contributed by atoms with Gasteiger partial charge in [-0.25, -0.2) is 4.79 Å². The van der Waals surface area contributed by atoms with Crippen molar-refractivity contribution in [3.8, 4) is 0 Å². The normalized spacial score (nSPS) is 19.1. The molecule has 0 aromatic heterocycles. The van der Waals surface area contributed by atoms with E-state index >= 15 is 0 Å². The molecule has 1 aliphatic rings. The van der Waals surface area contributed by atoms with E-state index in [0.717, 1.165) is 19.4 Å². The minimum Gasteiger partial charge on any atom is -0.547 e. The van der Waals surface area contributed by atoms with Crippen LogP contribution in [0.2, 0.25) is 0 Å². The number of aliphatic carboxylic acids is 2. The molecule has 19 heavy (non-hydrogen) atoms. The Morgan fingerprint density at radius 3 is 2.32 bits per heavy atom. The highest BCUT2D eigenvalue weighted by molar-refractivity contribution is 5.72. The number of carboxylic acids is 2. The fraction of sp³-hybridized carbons (Fsp3) is 0.385. The zero-order valence-electron chi connectivity index (χ0n) is 10.4. The van der Waals surface area contributed by atoms with Crippen LogP contribution < -0.4 is 10.4 Å². The molecule has 1 aromatic carbocycles. The van der Waals surface area contributed by atoms with Crippen LogP contribution in [0.15, 0.2) is 30.3 Å². The average Bonchev–Trinajstić information content (AvgIpc) is 2.93. The number of benzene rings is 1. The number of nitrogens with two attached hydrogens (primary N) is 1. The average molecular weight is 267 g/mol. The predicted molar refractivity (Wildman–Crippen MR) is 63.9 cm³/mol. The topological polar surface area (TPSA) is 114 Å². The molecule has 0 unspecified atom stereocenters. The smallest absolute Gasteiger partial charge is 0.362 e. The third-order valence-corrected chi connectivity index (χ3v) is 2.83. The van der Waals surface area contributed by atoms with Gasteiger partial charge in [0.25, 0.3) is 0 Å². The molecule has 2 atom stereocenters. The van der Waals surface area contributed by atoms with E-state index in [2.05, 4.69) is 0 Å². The van der Waals surface area contributed by atoms with Gasteiger partial charge in [0, 0.05) is 12.8 Å². The Morgan fingerprint density at radius 2 is 1.95 bits per heavy atom. The summed E-state index contributed by atoms with van der Waals surface area (Å²) in [6.45, 7) is 0.983. The molecule has 0 spiro atoms. The first-order valence-corrected chi connectivity index (χ1v) is 6.02. The second kappa shape index (κ2) is 7.50. The van der Waals surface area contributed by atoms with Gasteiger partial charge in [-0.05, 0) is 5.56 Å². The van der Waals surface area contributed by atoms with E-state index in [0.29, 0.717) is 5.56 Å². The summed E-state index contributed by atoms with van der Waals surface area (Å²) in [6.07, 6.45) is 0.378. The van der Waals surface area contributed by atoms with E-state index in [-0.39, 0.29) is 6.04 Å². The van der Waals surface area contributed by atoms with Gasteiger partial charge in [0.15, 0.2) is 6.04 Å². The quantitative estimate of drug-likeness (QED) is 0.602. The van der Waals surface area contributed by atoms with Gasteiger partial charge >= 0.3 is 5.97 Å². The van der Waals surface area contributed by atoms with E-state index in [1.165, 1.54) is 12.1 Å². The number of carbonyl (C=O) groups excluding carboxylic acids is 1. The van der Waals surface area contributed by atoms with Crippen molar-refractivity contribution in [2.24, 2.45) is 0 Å². The summed E-state index contributed by atoms with van der Waals surface area (Å²) >= 11 is 0. The predicted octanol–water partition coefficient (Wildman–Crippen LogP) is -1.73. The third-order valence-electron chi connectivity index (χ3n) is 2.83. The van der Waals surface area contributed by atoms with Crippen LogP contribution in [0.25, 0.3) is 0 Å². The number of carbonyl (C=O) groups is 2. The summed E-state index contributed by atoms with van der Waals surface area (Å²) < 4.78 is 0. The largest absolute Gasteiger partial charge is 0.547 e. The lowest BCUT2D eigenvalue weighted by molar-refractivity contribution is -0.658. The number of hydrogen-bond acceptors (Lipinski definition) is 4. The molecule has 2 rings (SSSR count). The number of aliphatic hydroxyl groups is 1. The Labute approximate surface area is 110 Å². The Bertz CT molecular complexity index is 414. The number of carboxylic acid groups (broad SMARTS) is 2. The number of rotatable bonds is 3. The fourth-order valence-corrected chi connectivity index (χ4v) is 1.77. The van der Waals surface area contributed by atoms with Gasteiger partial charge in [-0.2, -0.15) is 0 Å². The minimum atomic E-state index is -1.52. The molecule has 0 bridgehead atoms. The summed E-state index contributed by atoms with van der Waals surface area (Å²) in [5, 5.41) is 29.3. The standard InChI is InChI=1S/C8H8O3.C5H9NO2/c9-7(8(10)11)6-4-2-1-3-5-6;7-5(8)4-2-1-3-6-4/h1-5,7,9H,(H,10,11);4,6H,1-3H2,(H,7,8)/t7-;4-/m10/s1. The minimum absolute atomic E-state index is 0.144. The zero-order valence-corrected chi connectivity index (χ0v) is 10.4. The second-order valence-electron chi connectivity index (χ2n) is 4.24. The van der Waals surface area contributed by atoms with Gasteiger partial charge in [0.05, 0.1) is 12.5 Å². The molecule has 1 heterocycles. The molecule has 0 amide bonds. The number of quaternary nitrogens is 1. The molecule has 1 aliphatic heterocycles. The van der Waals surface area contributed by atoms with Crippen LogP contribution in [0, 0.1) is 0 Å². The van der Waals surface area contributed by atoms with E-state index in [1.54, 1.807) is 18.2 Å². The monoisotopic (exact) mass is 267 g/mol. The summed E-state index contributed by atoms with van der Waals surface area (Å²) in [7, 11) is 0. The van der Waals surface area contributed by atoms with Crippen LogP contribution in [0.5, 0.6) is 0 Å². The van der Waals surface area contributed by atoms with E-state index < -0.39 is 18.0 Å². The lowest BCUT2D eigenvalue weighted by Crippen LogP contribution is -2.88. The van der Waals surface area contributed by atoms with Gasteiger partial charge in [-0.15, -0.1) is 0 Å². The Balaban J connectivity index is 0.000000200. The van der Waals surface area contributed by atoms with E-state index in [9.17, 15) is 14.7 Å². The molecule has 0 radical (unpaired) electrons. The van der Waals surface area contributed by atoms with E-state index in [4.69, 9.17) is 10.2 Å². The van der Waals surface area contributed by atoms with Crippen LogP contribution in [-0.2, 0) is 9.59 Å². The van der Waals surface area contributed by atoms with Crippen LogP contribution in [0.1, 0.15) is 24.5 Å². The van der Waals surface area contributed by atoms with Crippen molar-refractivity contribution in [2.45, 2.75) is 25.0 Å². The van der Waals surface area contributed by atoms with Crippen LogP contribution in [-0.4, -0.2) is 34.7 Å². The van der Waals surface area contributed by atoms with Crippen molar-refractivity contribution >= 4 is 11.9 Å². The Morgan fingerprint density at radius 1 is 1.32 bits per heavy atom. The van der Waals surface area contributed by atoms with Gasteiger partial charge in [0.1, 0.15) is 6.10 Å². The molecule has 1 aromatic rings. The number of hydrogen-bond donors (Lipinski definition) is 3. The molecule has 6 nitrogen and oxygen atoms in total. The molecule has 1 fully saturated rings. The maximum Gasteiger partial charge on any atom is 0.362 e. The zero-order chi connectivity index (χ0) is 14.3. The van der Waals surface area contributed by atoms with Gasteiger partial charge in [-0.3, -0.25) is 0 Å². The first-order valence-electron chi connectivity index (χ1n) is 6.02. The molecular weight excluding hydrogens is 250 g/mol. The van der Waals surface area contributed by atoms with Crippen LogP contribution in [0.3, 0.4) is 0 Å². The van der Waals surface area contributed by atoms with Crippen LogP contribution in [0.4, 0.5) is 0 Å². The van der Waals surface area contributed by atoms with Crippen molar-refractivity contribution < 1.29 is 30.2 Å². The first-order chi connectivity index (χ1) is 9.02. The molecule has 1 saturated heterocycles. The van der Waals surface area contributed by atoms with Crippen molar-refractivity contribution in [1.82, 2.24) is 0 Å². The third kappa shape index (κ3) is 5.07. The second-order valence-corrected chi connectivity index (χ2v) is 4.24. The van der Waals surface area contributed by atoms with Crippen molar-refractivity contribution in [2.75, 3.05) is 6.54 Å². The van der Waals surface area contributed by atoms with Crippen molar-refractivity contribution in [3.63, 3.8) is 0 Å². The maximum atomic E-state index is 10.2. The Kier molecular flexibility index (Phi) is 5.98.